The van der Waals surface area contributed by atoms with Crippen LogP contribution in [0, 0.1) is 17.3 Å². The van der Waals surface area contributed by atoms with Crippen molar-refractivity contribution in [3.63, 3.8) is 0 Å². The van der Waals surface area contributed by atoms with Crippen LogP contribution in [0.2, 0.25) is 0 Å². The molecule has 234 valence electrons. The third kappa shape index (κ3) is 4.81. The van der Waals surface area contributed by atoms with Crippen molar-refractivity contribution < 1.29 is 36.6 Å². The summed E-state index contributed by atoms with van der Waals surface area (Å²) in [5.41, 5.74) is 6.02. The first-order valence-electron chi connectivity index (χ1n) is 15.0. The number of carbonyl (C=O) groups is 2. The summed E-state index contributed by atoms with van der Waals surface area (Å²) in [6.45, 7) is 1.43. The molecule has 2 aromatic carbocycles. The van der Waals surface area contributed by atoms with E-state index in [1.807, 2.05) is 36.4 Å². The van der Waals surface area contributed by atoms with Gasteiger partial charge in [-0.1, -0.05) is 0 Å². The first kappa shape index (κ1) is 31.2. The van der Waals surface area contributed by atoms with Crippen LogP contribution in [0.15, 0.2) is 71.3 Å². The first-order valence-corrected chi connectivity index (χ1v) is 17.6. The van der Waals surface area contributed by atoms with E-state index in [0.717, 1.165) is 37.4 Å². The summed E-state index contributed by atoms with van der Waals surface area (Å²) < 4.78 is 72.7. The van der Waals surface area contributed by atoms with Crippen molar-refractivity contribution in [2.24, 2.45) is 23.0 Å². The second-order valence-electron chi connectivity index (χ2n) is 13.0. The minimum atomic E-state index is -5.88. The number of nitrogens with two attached hydrogens (primary N) is 1. The number of carbonyl (C=O) groups excluding carboxylic acids is 2. The fourth-order valence-corrected chi connectivity index (χ4v) is 11.2. The van der Waals surface area contributed by atoms with Crippen molar-refractivity contribution in [1.29, 1.82) is 0 Å². The van der Waals surface area contributed by atoms with Gasteiger partial charge in [-0.3, -0.25) is 0 Å². The van der Waals surface area contributed by atoms with Gasteiger partial charge in [-0.15, -0.1) is 0 Å². The van der Waals surface area contributed by atoms with Gasteiger partial charge in [-0.2, -0.15) is 0 Å². The van der Waals surface area contributed by atoms with Gasteiger partial charge in [0.25, 0.3) is 0 Å². The maximum atomic E-state index is 15.2. The van der Waals surface area contributed by atoms with E-state index in [2.05, 4.69) is 0 Å². The van der Waals surface area contributed by atoms with Crippen LogP contribution >= 0.6 is 0 Å². The van der Waals surface area contributed by atoms with E-state index in [1.165, 1.54) is 6.92 Å². The number of primary amides is 1. The molecule has 0 heterocycles. The number of fused-ring (bicyclic) bond motifs is 4. The molecule has 2 fully saturated rings. The molecule has 4 aliphatic rings. The Balaban J connectivity index is 1.38. The minimum absolute atomic E-state index is 0.0460. The Bertz CT molecular complexity index is 1570. The van der Waals surface area contributed by atoms with Crippen molar-refractivity contribution in [3.05, 3.63) is 88.0 Å². The van der Waals surface area contributed by atoms with Gasteiger partial charge >= 0.3 is 260 Å². The number of rotatable bonds is 6. The van der Waals surface area contributed by atoms with Crippen LogP contribution in [0.5, 0.6) is 0 Å². The SMILES string of the molecule is C[C@]12C[C@H](c3ccc(C[AsH]c4ccccc4C(N)=O)cc3)C3=C4CCC(=O)C=C4CC[C@H]3[C@@H]1CC[C@@]2(O)C(F)(F)C(F)(F)F. The number of amides is 1. The molecular weight excluding hydrogens is 640 g/mol. The summed E-state index contributed by atoms with van der Waals surface area (Å²) >= 11 is -0.746. The third-order valence-corrected chi connectivity index (χ3v) is 13.8. The Morgan fingerprint density at radius 1 is 1.02 bits per heavy atom. The average Bonchev–Trinajstić information content (AvgIpc) is 3.26. The number of hydrogen-bond acceptors (Lipinski definition) is 3. The number of allylic oxidation sites excluding steroid dienone is 4. The summed E-state index contributed by atoms with van der Waals surface area (Å²) in [6.07, 6.45) is -2.80. The zero-order chi connectivity index (χ0) is 31.7. The Labute approximate surface area is 259 Å². The van der Waals surface area contributed by atoms with Crippen LogP contribution in [0.1, 0.15) is 79.3 Å². The van der Waals surface area contributed by atoms with Crippen molar-refractivity contribution in [2.45, 2.75) is 80.7 Å². The molecule has 0 saturated heterocycles. The van der Waals surface area contributed by atoms with Gasteiger partial charge in [0.2, 0.25) is 0 Å². The van der Waals surface area contributed by atoms with Gasteiger partial charge in [-0.25, -0.2) is 0 Å². The molecule has 10 heteroatoms. The number of benzene rings is 2. The summed E-state index contributed by atoms with van der Waals surface area (Å²) in [5.74, 6) is -6.94. The number of alkyl halides is 5. The Kier molecular flexibility index (Phi) is 7.76. The van der Waals surface area contributed by atoms with Gasteiger partial charge in [-0.05, 0) is 0 Å². The molecule has 1 amide bonds. The number of halogens is 5. The number of aliphatic hydroxyl groups is 1. The molecule has 6 atom stereocenters. The van der Waals surface area contributed by atoms with Gasteiger partial charge in [0, 0.05) is 0 Å². The summed E-state index contributed by atoms with van der Waals surface area (Å²) in [5, 5.41) is 12.2. The Hall–Kier alpha value is -2.77. The van der Waals surface area contributed by atoms with Gasteiger partial charge in [0.05, 0.1) is 0 Å². The van der Waals surface area contributed by atoms with Gasteiger partial charge in [0.15, 0.2) is 0 Å². The molecule has 4 aliphatic carbocycles. The third-order valence-electron chi connectivity index (χ3n) is 10.8. The molecule has 2 saturated carbocycles. The topological polar surface area (TPSA) is 80.4 Å². The van der Waals surface area contributed by atoms with Crippen LogP contribution in [0.25, 0.3) is 0 Å². The van der Waals surface area contributed by atoms with Crippen LogP contribution in [0.4, 0.5) is 22.0 Å². The van der Waals surface area contributed by atoms with Crippen LogP contribution < -0.4 is 10.1 Å². The van der Waals surface area contributed by atoms with Crippen molar-refractivity contribution in [1.82, 2.24) is 0 Å². The van der Waals surface area contributed by atoms with E-state index in [-0.39, 0.29) is 24.5 Å². The molecule has 3 N–H and O–H groups in total. The molecule has 1 unspecified atom stereocenters. The molecule has 2 aromatic rings. The normalized spacial score (nSPS) is 30.7. The van der Waals surface area contributed by atoms with E-state index >= 15 is 8.78 Å². The van der Waals surface area contributed by atoms with E-state index in [0.29, 0.717) is 31.2 Å². The van der Waals surface area contributed by atoms with Crippen LogP contribution in [0.3, 0.4) is 0 Å². The molecule has 0 spiro atoms. The summed E-state index contributed by atoms with van der Waals surface area (Å²) in [7, 11) is 0. The van der Waals surface area contributed by atoms with Crippen molar-refractivity contribution in [2.75, 3.05) is 0 Å². The molecule has 0 aliphatic heterocycles. The summed E-state index contributed by atoms with van der Waals surface area (Å²) in [4.78, 5) is 24.1. The standard InChI is InChI=1S/C34H35AsF5NO3/c1-31-17-26(20-8-6-19(7-9-20)18-35-28-5-3-2-4-25(28)30(41)43)29-23-13-11-22(42)16-21(23)10-12-24(29)27(31)14-15-32(31,44)33(36,37)34(38,39)40/h2-9,16,24,26-27,35,44H,10-15,17-18H2,1H3,(H2,41,43)/t24-,26+,27-,31-,32-/m0/s1. The number of hydrogen-bond donors (Lipinski definition) is 2. The fraction of sp³-hybridized carbons (Fsp3) is 0.471. The Morgan fingerprint density at radius 2 is 1.73 bits per heavy atom. The van der Waals surface area contributed by atoms with E-state index < -0.39 is 63.0 Å². The fourth-order valence-electron chi connectivity index (χ4n) is 8.63. The molecule has 0 radical (unpaired) electrons. The van der Waals surface area contributed by atoms with E-state index in [9.17, 15) is 27.9 Å². The van der Waals surface area contributed by atoms with E-state index in [4.69, 9.17) is 5.73 Å². The van der Waals surface area contributed by atoms with Gasteiger partial charge in [0.1, 0.15) is 0 Å². The van der Waals surface area contributed by atoms with E-state index in [1.54, 1.807) is 18.2 Å². The quantitative estimate of drug-likeness (QED) is 0.297. The predicted molar refractivity (Wildman–Crippen MR) is 158 cm³/mol. The summed E-state index contributed by atoms with van der Waals surface area (Å²) in [6, 6.07) is 15.0. The molecule has 44 heavy (non-hydrogen) atoms. The van der Waals surface area contributed by atoms with Gasteiger partial charge < -0.3 is 0 Å². The molecule has 0 aromatic heterocycles. The molecular formula is C34H35AsF5NO3. The molecule has 6 rings (SSSR count). The number of ketones is 1. The monoisotopic (exact) mass is 675 g/mol. The molecule has 0 bridgehead atoms. The average molecular weight is 676 g/mol. The first-order chi connectivity index (χ1) is 20.7. The maximum absolute atomic E-state index is 15.2. The second-order valence-corrected chi connectivity index (χ2v) is 15.6. The van der Waals surface area contributed by atoms with Crippen molar-refractivity contribution in [3.8, 4) is 0 Å². The zero-order valence-corrected chi connectivity index (χ0v) is 26.4. The zero-order valence-electron chi connectivity index (χ0n) is 24.3. The van der Waals surface area contributed by atoms with Crippen LogP contribution in [-0.2, 0) is 10.0 Å². The second kappa shape index (κ2) is 10.9. The van der Waals surface area contributed by atoms with Crippen LogP contribution in [-0.4, -0.2) is 50.2 Å². The Morgan fingerprint density at radius 3 is 2.41 bits per heavy atom. The predicted octanol–water partition coefficient (Wildman–Crippen LogP) is 5.88. The molecule has 4 nitrogen and oxygen atoms in total. The van der Waals surface area contributed by atoms with Crippen molar-refractivity contribution >= 4 is 31.8 Å².